The summed E-state index contributed by atoms with van der Waals surface area (Å²) in [5, 5.41) is 2.77. The van der Waals surface area contributed by atoms with Gasteiger partial charge >= 0.3 is 0 Å². The van der Waals surface area contributed by atoms with Gasteiger partial charge in [-0.05, 0) is 42.8 Å². The van der Waals surface area contributed by atoms with Crippen molar-refractivity contribution in [1.82, 2.24) is 0 Å². The van der Waals surface area contributed by atoms with E-state index in [1.54, 1.807) is 53.4 Å². The fourth-order valence-corrected chi connectivity index (χ4v) is 2.72. The van der Waals surface area contributed by atoms with Crippen molar-refractivity contribution in [3.05, 3.63) is 59.7 Å². The number of benzene rings is 2. The molecule has 1 saturated heterocycles. The summed E-state index contributed by atoms with van der Waals surface area (Å²) in [5.74, 6) is -0.802. The monoisotopic (exact) mass is 323 g/mol. The normalized spacial score (nSPS) is 13.8. The maximum atomic E-state index is 12.6. The summed E-state index contributed by atoms with van der Waals surface area (Å²) in [7, 11) is 0. The van der Waals surface area contributed by atoms with Crippen molar-refractivity contribution in [3.8, 4) is 0 Å². The summed E-state index contributed by atoms with van der Waals surface area (Å²) >= 11 is 0. The predicted octanol–water partition coefficient (Wildman–Crippen LogP) is 2.16. The van der Waals surface area contributed by atoms with Crippen LogP contribution in [0.5, 0.6) is 0 Å². The molecule has 122 valence electrons. The standard InChI is InChI=1S/C18H17N3O3/c19-17(23)12-7-9-13(10-8-12)20-18(24)14-4-1-2-5-15(14)21-11-3-6-16(21)22/h1-2,4-5,7-10H,3,6,11H2,(H2,19,23)(H,20,24). The highest BCUT2D eigenvalue weighted by Gasteiger charge is 2.25. The van der Waals surface area contributed by atoms with Crippen LogP contribution in [0.25, 0.3) is 0 Å². The first-order valence-electron chi connectivity index (χ1n) is 7.67. The van der Waals surface area contributed by atoms with Gasteiger partial charge in [0.05, 0.1) is 11.3 Å². The van der Waals surface area contributed by atoms with E-state index in [2.05, 4.69) is 5.32 Å². The van der Waals surface area contributed by atoms with E-state index in [0.717, 1.165) is 6.42 Å². The van der Waals surface area contributed by atoms with Crippen LogP contribution in [0, 0.1) is 0 Å². The van der Waals surface area contributed by atoms with Gasteiger partial charge in [0, 0.05) is 24.2 Å². The zero-order valence-corrected chi connectivity index (χ0v) is 13.0. The van der Waals surface area contributed by atoms with Crippen LogP contribution in [0.1, 0.15) is 33.6 Å². The Morgan fingerprint density at radius 2 is 1.75 bits per heavy atom. The van der Waals surface area contributed by atoms with E-state index in [1.165, 1.54) is 0 Å². The molecule has 0 aliphatic carbocycles. The second-order valence-electron chi connectivity index (χ2n) is 5.56. The van der Waals surface area contributed by atoms with Crippen LogP contribution in [-0.4, -0.2) is 24.3 Å². The van der Waals surface area contributed by atoms with Crippen molar-refractivity contribution < 1.29 is 14.4 Å². The largest absolute Gasteiger partial charge is 0.366 e. The summed E-state index contributed by atoms with van der Waals surface area (Å²) in [6.45, 7) is 0.621. The minimum Gasteiger partial charge on any atom is -0.366 e. The number of hydrogen-bond acceptors (Lipinski definition) is 3. The molecule has 0 bridgehead atoms. The third kappa shape index (κ3) is 3.12. The highest BCUT2D eigenvalue weighted by Crippen LogP contribution is 2.26. The molecular weight excluding hydrogens is 306 g/mol. The number of hydrogen-bond donors (Lipinski definition) is 2. The molecule has 0 radical (unpaired) electrons. The topological polar surface area (TPSA) is 92.5 Å². The van der Waals surface area contributed by atoms with Crippen LogP contribution in [0.15, 0.2) is 48.5 Å². The predicted molar refractivity (Wildman–Crippen MR) is 90.9 cm³/mol. The van der Waals surface area contributed by atoms with E-state index >= 15 is 0 Å². The van der Waals surface area contributed by atoms with E-state index in [1.807, 2.05) is 0 Å². The Labute approximate surface area is 139 Å². The van der Waals surface area contributed by atoms with Gasteiger partial charge in [-0.15, -0.1) is 0 Å². The van der Waals surface area contributed by atoms with Crippen LogP contribution >= 0.6 is 0 Å². The van der Waals surface area contributed by atoms with Gasteiger partial charge in [0.2, 0.25) is 11.8 Å². The zero-order chi connectivity index (χ0) is 17.1. The van der Waals surface area contributed by atoms with Gasteiger partial charge in [-0.1, -0.05) is 12.1 Å². The number of nitrogens with one attached hydrogen (secondary N) is 1. The number of carbonyl (C=O) groups excluding carboxylic acids is 3. The first-order valence-corrected chi connectivity index (χ1v) is 7.67. The fraction of sp³-hybridized carbons (Fsp3) is 0.167. The van der Waals surface area contributed by atoms with Gasteiger partial charge in [-0.3, -0.25) is 14.4 Å². The lowest BCUT2D eigenvalue weighted by atomic mass is 10.1. The van der Waals surface area contributed by atoms with Crippen LogP contribution in [0.2, 0.25) is 0 Å². The molecular formula is C18H17N3O3. The molecule has 0 spiro atoms. The van der Waals surface area contributed by atoms with Crippen molar-refractivity contribution in [2.75, 3.05) is 16.8 Å². The highest BCUT2D eigenvalue weighted by molar-refractivity contribution is 6.11. The molecule has 3 N–H and O–H groups in total. The van der Waals surface area contributed by atoms with Crippen LogP contribution in [0.4, 0.5) is 11.4 Å². The lowest BCUT2D eigenvalue weighted by Gasteiger charge is -2.19. The van der Waals surface area contributed by atoms with Crippen molar-refractivity contribution in [1.29, 1.82) is 0 Å². The molecule has 6 nitrogen and oxygen atoms in total. The van der Waals surface area contributed by atoms with Gasteiger partial charge in [0.1, 0.15) is 0 Å². The van der Waals surface area contributed by atoms with Gasteiger partial charge in [0.25, 0.3) is 5.91 Å². The Hall–Kier alpha value is -3.15. The number of para-hydroxylation sites is 1. The van der Waals surface area contributed by atoms with E-state index in [9.17, 15) is 14.4 Å². The Morgan fingerprint density at radius 3 is 2.38 bits per heavy atom. The molecule has 1 aliphatic heterocycles. The zero-order valence-electron chi connectivity index (χ0n) is 13.0. The summed E-state index contributed by atoms with van der Waals surface area (Å²) in [5.41, 5.74) is 7.17. The fourth-order valence-electron chi connectivity index (χ4n) is 2.72. The first kappa shape index (κ1) is 15.7. The second-order valence-corrected chi connectivity index (χ2v) is 5.56. The average Bonchev–Trinajstić information content (AvgIpc) is 3.01. The molecule has 2 aromatic carbocycles. The third-order valence-corrected chi connectivity index (χ3v) is 3.94. The number of anilines is 2. The van der Waals surface area contributed by atoms with E-state index in [4.69, 9.17) is 5.73 Å². The Bertz CT molecular complexity index is 799. The van der Waals surface area contributed by atoms with Gasteiger partial charge in [-0.25, -0.2) is 0 Å². The molecule has 3 amide bonds. The molecule has 6 heteroatoms. The molecule has 1 aliphatic rings. The summed E-state index contributed by atoms with van der Waals surface area (Å²) in [6, 6.07) is 13.3. The third-order valence-electron chi connectivity index (χ3n) is 3.94. The van der Waals surface area contributed by atoms with Gasteiger partial charge in [-0.2, -0.15) is 0 Å². The minimum absolute atomic E-state index is 0.0288. The molecule has 0 saturated carbocycles. The molecule has 0 aromatic heterocycles. The molecule has 0 atom stereocenters. The Morgan fingerprint density at radius 1 is 1.04 bits per heavy atom. The molecule has 3 rings (SSSR count). The smallest absolute Gasteiger partial charge is 0.257 e. The lowest BCUT2D eigenvalue weighted by Crippen LogP contribution is -2.27. The minimum atomic E-state index is -0.522. The molecule has 24 heavy (non-hydrogen) atoms. The van der Waals surface area contributed by atoms with Crippen molar-refractivity contribution >= 4 is 29.1 Å². The van der Waals surface area contributed by atoms with Crippen LogP contribution in [-0.2, 0) is 4.79 Å². The molecule has 1 fully saturated rings. The number of amides is 3. The lowest BCUT2D eigenvalue weighted by molar-refractivity contribution is -0.117. The number of rotatable bonds is 4. The summed E-state index contributed by atoms with van der Waals surface area (Å²) < 4.78 is 0. The maximum absolute atomic E-state index is 12.6. The number of carbonyl (C=O) groups is 3. The average molecular weight is 323 g/mol. The van der Waals surface area contributed by atoms with Gasteiger partial charge < -0.3 is 16.0 Å². The number of primary amides is 1. The highest BCUT2D eigenvalue weighted by atomic mass is 16.2. The van der Waals surface area contributed by atoms with Crippen molar-refractivity contribution in [2.24, 2.45) is 5.73 Å². The van der Waals surface area contributed by atoms with Crippen molar-refractivity contribution in [2.45, 2.75) is 12.8 Å². The second kappa shape index (κ2) is 6.54. The van der Waals surface area contributed by atoms with E-state index in [-0.39, 0.29) is 11.8 Å². The van der Waals surface area contributed by atoms with Crippen LogP contribution < -0.4 is 16.0 Å². The number of nitrogens with two attached hydrogens (primary N) is 1. The SMILES string of the molecule is NC(=O)c1ccc(NC(=O)c2ccccc2N2CCCC2=O)cc1. The maximum Gasteiger partial charge on any atom is 0.257 e. The summed E-state index contributed by atoms with van der Waals surface area (Å²) in [6.07, 6.45) is 1.30. The van der Waals surface area contributed by atoms with E-state index < -0.39 is 5.91 Å². The quantitative estimate of drug-likeness (QED) is 0.903. The molecule has 2 aromatic rings. The van der Waals surface area contributed by atoms with E-state index in [0.29, 0.717) is 35.5 Å². The Kier molecular flexibility index (Phi) is 4.29. The van der Waals surface area contributed by atoms with Gasteiger partial charge in [0.15, 0.2) is 0 Å². The molecule has 1 heterocycles. The Balaban J connectivity index is 1.82. The summed E-state index contributed by atoms with van der Waals surface area (Å²) in [4.78, 5) is 37.3. The first-order chi connectivity index (χ1) is 11.6. The van der Waals surface area contributed by atoms with Crippen LogP contribution in [0.3, 0.4) is 0 Å². The molecule has 0 unspecified atom stereocenters. The number of nitrogens with zero attached hydrogens (tertiary/aromatic N) is 1. The van der Waals surface area contributed by atoms with Crippen molar-refractivity contribution in [3.63, 3.8) is 0 Å².